The second kappa shape index (κ2) is 7.86. The Kier molecular flexibility index (Phi) is 5.12. The number of hydrogen-bond acceptors (Lipinski definition) is 4. The van der Waals surface area contributed by atoms with Crippen LogP contribution in [0.25, 0.3) is 10.2 Å². The number of thiazole rings is 1. The van der Waals surface area contributed by atoms with Crippen molar-refractivity contribution in [3.05, 3.63) is 78.1 Å². The van der Waals surface area contributed by atoms with E-state index in [0.29, 0.717) is 11.6 Å². The van der Waals surface area contributed by atoms with Gasteiger partial charge in [-0.1, -0.05) is 35.6 Å². The fraction of sp³-hybridized carbons (Fsp3) is 0.182. The summed E-state index contributed by atoms with van der Waals surface area (Å²) in [7, 11) is 1.64. The number of methoxy groups -OCH3 is 1. The predicted molar refractivity (Wildman–Crippen MR) is 113 cm³/mol. The first-order valence-electron chi connectivity index (χ1n) is 9.06. The molecular weight excluding hydrogens is 370 g/mol. The molecule has 0 radical (unpaired) electrons. The highest BCUT2D eigenvalue weighted by Crippen LogP contribution is 2.29. The van der Waals surface area contributed by atoms with Crippen LogP contribution >= 0.6 is 11.3 Å². The van der Waals surface area contributed by atoms with E-state index >= 15 is 0 Å². The lowest BCUT2D eigenvalue weighted by Crippen LogP contribution is -2.19. The number of fused-ring (bicyclic) bond motifs is 1. The minimum Gasteiger partial charge on any atom is -0.497 e. The summed E-state index contributed by atoms with van der Waals surface area (Å²) in [6.07, 6.45) is 4.27. The van der Waals surface area contributed by atoms with Crippen molar-refractivity contribution in [1.29, 1.82) is 0 Å². The van der Waals surface area contributed by atoms with Crippen LogP contribution in [0.4, 0.5) is 5.13 Å². The molecule has 4 rings (SSSR count). The Morgan fingerprint density at radius 1 is 1.14 bits per heavy atom. The van der Waals surface area contributed by atoms with Gasteiger partial charge >= 0.3 is 0 Å². The number of carbonyl (C=O) groups excluding carboxylic acids is 1. The predicted octanol–water partition coefficient (Wildman–Crippen LogP) is 5.03. The van der Waals surface area contributed by atoms with Crippen molar-refractivity contribution in [3.8, 4) is 5.75 Å². The Bertz CT molecular complexity index is 1080. The van der Waals surface area contributed by atoms with E-state index in [1.54, 1.807) is 7.11 Å². The molecule has 2 aromatic heterocycles. The van der Waals surface area contributed by atoms with E-state index in [0.717, 1.165) is 27.1 Å². The molecule has 0 spiro atoms. The Balaban J connectivity index is 1.55. The summed E-state index contributed by atoms with van der Waals surface area (Å²) in [5.74, 6) is 0.732. The lowest BCUT2D eigenvalue weighted by molar-refractivity contribution is -0.116. The number of aromatic nitrogens is 2. The van der Waals surface area contributed by atoms with E-state index in [1.807, 2.05) is 78.5 Å². The normalized spacial score (nSPS) is 12.1. The summed E-state index contributed by atoms with van der Waals surface area (Å²) in [5.41, 5.74) is 3.10. The summed E-state index contributed by atoms with van der Waals surface area (Å²) in [6, 6.07) is 17.7. The van der Waals surface area contributed by atoms with Gasteiger partial charge in [0.05, 0.1) is 29.8 Å². The average Bonchev–Trinajstić information content (AvgIpc) is 3.36. The van der Waals surface area contributed by atoms with Gasteiger partial charge in [0, 0.05) is 12.4 Å². The topological polar surface area (TPSA) is 56.1 Å². The number of carbonyl (C=O) groups is 1. The molecule has 142 valence electrons. The maximum atomic E-state index is 12.8. The van der Waals surface area contributed by atoms with Crippen molar-refractivity contribution in [1.82, 2.24) is 9.55 Å². The minimum absolute atomic E-state index is 0.0637. The fourth-order valence-electron chi connectivity index (χ4n) is 3.26. The number of nitrogens with one attached hydrogen (secondary N) is 1. The first kappa shape index (κ1) is 18.3. The van der Waals surface area contributed by atoms with E-state index in [1.165, 1.54) is 11.3 Å². The number of ether oxygens (including phenoxy) is 1. The highest BCUT2D eigenvalue weighted by Gasteiger charge is 2.19. The first-order chi connectivity index (χ1) is 13.6. The molecule has 0 saturated heterocycles. The standard InChI is InChI=1S/C22H21N3O2S/c1-15-6-5-7-19-21(15)24-22(28-19)23-20(26)14-18(25-12-3-4-13-25)16-8-10-17(27-2)11-9-16/h3-13,18H,14H2,1-2H3,(H,23,24,26)/t18-/m1/s1. The van der Waals surface area contributed by atoms with Gasteiger partial charge in [0.25, 0.3) is 0 Å². The van der Waals surface area contributed by atoms with Crippen molar-refractivity contribution in [2.24, 2.45) is 0 Å². The van der Waals surface area contributed by atoms with Crippen LogP contribution in [-0.2, 0) is 4.79 Å². The molecule has 0 aliphatic rings. The van der Waals surface area contributed by atoms with Gasteiger partial charge in [-0.2, -0.15) is 0 Å². The number of rotatable bonds is 6. The fourth-order valence-corrected chi connectivity index (χ4v) is 4.22. The van der Waals surface area contributed by atoms with Crippen molar-refractivity contribution in [2.45, 2.75) is 19.4 Å². The maximum absolute atomic E-state index is 12.8. The van der Waals surface area contributed by atoms with Crippen LogP contribution in [0.2, 0.25) is 0 Å². The third-order valence-corrected chi connectivity index (χ3v) is 5.67. The molecule has 28 heavy (non-hydrogen) atoms. The van der Waals surface area contributed by atoms with Crippen molar-refractivity contribution in [3.63, 3.8) is 0 Å². The van der Waals surface area contributed by atoms with Crippen LogP contribution in [0.5, 0.6) is 5.75 Å². The Morgan fingerprint density at radius 3 is 2.57 bits per heavy atom. The number of anilines is 1. The van der Waals surface area contributed by atoms with Crippen molar-refractivity contribution < 1.29 is 9.53 Å². The van der Waals surface area contributed by atoms with Crippen LogP contribution in [0.1, 0.15) is 23.6 Å². The molecule has 0 fully saturated rings. The second-order valence-electron chi connectivity index (χ2n) is 6.61. The van der Waals surface area contributed by atoms with Gasteiger partial charge in [0.2, 0.25) is 5.91 Å². The van der Waals surface area contributed by atoms with Gasteiger partial charge in [0.1, 0.15) is 5.75 Å². The molecule has 1 atom stereocenters. The zero-order chi connectivity index (χ0) is 19.5. The Hall–Kier alpha value is -3.12. The molecule has 0 unspecified atom stereocenters. The molecule has 5 nitrogen and oxygen atoms in total. The molecule has 1 N–H and O–H groups in total. The smallest absolute Gasteiger partial charge is 0.228 e. The molecular formula is C22H21N3O2S. The van der Waals surface area contributed by atoms with Gasteiger partial charge < -0.3 is 14.6 Å². The zero-order valence-electron chi connectivity index (χ0n) is 15.8. The molecule has 2 heterocycles. The summed E-state index contributed by atoms with van der Waals surface area (Å²) in [6.45, 7) is 2.03. The lowest BCUT2D eigenvalue weighted by atomic mass is 10.0. The van der Waals surface area contributed by atoms with Gasteiger partial charge in [-0.15, -0.1) is 0 Å². The van der Waals surface area contributed by atoms with Crippen LogP contribution in [0, 0.1) is 6.92 Å². The van der Waals surface area contributed by atoms with Crippen molar-refractivity contribution >= 4 is 32.6 Å². The lowest BCUT2D eigenvalue weighted by Gasteiger charge is -2.19. The van der Waals surface area contributed by atoms with E-state index in [2.05, 4.69) is 10.3 Å². The molecule has 0 bridgehead atoms. The number of nitrogens with zero attached hydrogens (tertiary/aromatic N) is 2. The minimum atomic E-state index is -0.1000. The highest BCUT2D eigenvalue weighted by atomic mass is 32.1. The summed E-state index contributed by atoms with van der Waals surface area (Å²) in [4.78, 5) is 17.4. The first-order valence-corrected chi connectivity index (χ1v) is 9.88. The number of amides is 1. The molecule has 2 aromatic carbocycles. The van der Waals surface area contributed by atoms with Gasteiger partial charge in [-0.25, -0.2) is 4.98 Å². The van der Waals surface area contributed by atoms with Crippen LogP contribution in [0.15, 0.2) is 67.0 Å². The van der Waals surface area contributed by atoms with Crippen LogP contribution < -0.4 is 10.1 Å². The summed E-state index contributed by atoms with van der Waals surface area (Å²) < 4.78 is 8.37. The third-order valence-electron chi connectivity index (χ3n) is 4.73. The number of aryl methyl sites for hydroxylation is 1. The SMILES string of the molecule is COc1ccc([C@@H](CC(=O)Nc2nc3c(C)cccc3s2)n2cccc2)cc1. The quantitative estimate of drug-likeness (QED) is 0.501. The summed E-state index contributed by atoms with van der Waals surface area (Å²) in [5, 5.41) is 3.61. The van der Waals surface area contributed by atoms with E-state index in [-0.39, 0.29) is 11.9 Å². The highest BCUT2D eigenvalue weighted by molar-refractivity contribution is 7.22. The van der Waals surface area contributed by atoms with Gasteiger partial charge in [0.15, 0.2) is 5.13 Å². The van der Waals surface area contributed by atoms with Crippen LogP contribution in [-0.4, -0.2) is 22.6 Å². The Morgan fingerprint density at radius 2 is 1.89 bits per heavy atom. The van der Waals surface area contributed by atoms with Gasteiger partial charge in [-0.3, -0.25) is 4.79 Å². The van der Waals surface area contributed by atoms with Gasteiger partial charge in [-0.05, 0) is 48.4 Å². The number of para-hydroxylation sites is 1. The molecule has 4 aromatic rings. The average molecular weight is 391 g/mol. The van der Waals surface area contributed by atoms with Crippen molar-refractivity contribution in [2.75, 3.05) is 12.4 Å². The molecule has 1 amide bonds. The largest absolute Gasteiger partial charge is 0.497 e. The van der Waals surface area contributed by atoms with Crippen LogP contribution in [0.3, 0.4) is 0 Å². The molecule has 0 aliphatic carbocycles. The number of hydrogen-bond donors (Lipinski definition) is 1. The maximum Gasteiger partial charge on any atom is 0.228 e. The Labute approximate surface area is 167 Å². The molecule has 0 saturated carbocycles. The monoisotopic (exact) mass is 391 g/mol. The molecule has 6 heteroatoms. The molecule has 0 aliphatic heterocycles. The zero-order valence-corrected chi connectivity index (χ0v) is 16.6. The summed E-state index contributed by atoms with van der Waals surface area (Å²) >= 11 is 1.50. The number of benzene rings is 2. The van der Waals surface area contributed by atoms with E-state index in [4.69, 9.17) is 4.74 Å². The van der Waals surface area contributed by atoms with E-state index < -0.39 is 0 Å². The third kappa shape index (κ3) is 3.77. The van der Waals surface area contributed by atoms with E-state index in [9.17, 15) is 4.79 Å². The second-order valence-corrected chi connectivity index (χ2v) is 7.64.